The molecule has 3 nitrogen and oxygen atoms in total. The van der Waals surface area contributed by atoms with E-state index in [1.807, 2.05) is 0 Å². The van der Waals surface area contributed by atoms with Gasteiger partial charge in [-0.05, 0) is 44.7 Å². The minimum absolute atomic E-state index is 0.172. The fourth-order valence-corrected chi connectivity index (χ4v) is 3.10. The molecule has 3 heteroatoms. The summed E-state index contributed by atoms with van der Waals surface area (Å²) in [6, 6.07) is 0. The van der Waals surface area contributed by atoms with Crippen molar-refractivity contribution in [1.82, 2.24) is 10.2 Å². The van der Waals surface area contributed by atoms with Gasteiger partial charge in [0.05, 0.1) is 0 Å². The first kappa shape index (κ1) is 14.9. The number of hydrogen-bond acceptors (Lipinski definition) is 3. The van der Waals surface area contributed by atoms with Crippen molar-refractivity contribution in [1.29, 1.82) is 0 Å². The predicted octanol–water partition coefficient (Wildman–Crippen LogP) is 1.68. The van der Waals surface area contributed by atoms with E-state index < -0.39 is 0 Å². The smallest absolute Gasteiger partial charge is 0.0330 e. The molecule has 102 valence electrons. The Bertz CT molecular complexity index is 238. The Balaban J connectivity index is 2.56. The lowest BCUT2D eigenvalue weighted by atomic mass is 9.64. The van der Waals surface area contributed by atoms with E-state index in [2.05, 4.69) is 45.1 Å². The van der Waals surface area contributed by atoms with Crippen molar-refractivity contribution in [3.63, 3.8) is 0 Å². The van der Waals surface area contributed by atoms with Crippen LogP contribution < -0.4 is 11.1 Å². The van der Waals surface area contributed by atoms with Gasteiger partial charge < -0.3 is 16.0 Å². The molecule has 0 aromatic carbocycles. The van der Waals surface area contributed by atoms with Crippen molar-refractivity contribution in [3.05, 3.63) is 0 Å². The van der Waals surface area contributed by atoms with Gasteiger partial charge in [-0.1, -0.05) is 20.8 Å². The van der Waals surface area contributed by atoms with Gasteiger partial charge in [0.25, 0.3) is 0 Å². The third-order valence-corrected chi connectivity index (χ3v) is 4.45. The van der Waals surface area contributed by atoms with Crippen LogP contribution in [0.1, 0.15) is 40.0 Å². The molecule has 1 rings (SSSR count). The summed E-state index contributed by atoms with van der Waals surface area (Å²) >= 11 is 0. The normalized spacial score (nSPS) is 33.0. The molecule has 1 fully saturated rings. The monoisotopic (exact) mass is 241 g/mol. The van der Waals surface area contributed by atoms with Crippen LogP contribution in [-0.2, 0) is 0 Å². The van der Waals surface area contributed by atoms with Gasteiger partial charge in [0.2, 0.25) is 0 Å². The molecule has 0 radical (unpaired) electrons. The van der Waals surface area contributed by atoms with E-state index in [9.17, 15) is 0 Å². The van der Waals surface area contributed by atoms with Crippen LogP contribution >= 0.6 is 0 Å². The molecule has 0 aliphatic heterocycles. The molecule has 1 aliphatic rings. The van der Waals surface area contributed by atoms with E-state index in [1.54, 1.807) is 0 Å². The average molecular weight is 241 g/mol. The molecule has 1 aliphatic carbocycles. The average Bonchev–Trinajstić information content (AvgIpc) is 2.20. The van der Waals surface area contributed by atoms with Crippen molar-refractivity contribution in [3.8, 4) is 0 Å². The lowest BCUT2D eigenvalue weighted by Crippen LogP contribution is -2.60. The summed E-state index contributed by atoms with van der Waals surface area (Å²) in [5.41, 5.74) is 6.72. The molecule has 0 aromatic heterocycles. The predicted molar refractivity (Wildman–Crippen MR) is 75.1 cm³/mol. The van der Waals surface area contributed by atoms with Crippen LogP contribution in [0.25, 0.3) is 0 Å². The van der Waals surface area contributed by atoms with Crippen LogP contribution in [0, 0.1) is 11.3 Å². The molecular weight excluding hydrogens is 210 g/mol. The fourth-order valence-electron chi connectivity index (χ4n) is 3.10. The highest BCUT2D eigenvalue weighted by Gasteiger charge is 2.42. The van der Waals surface area contributed by atoms with Crippen LogP contribution in [-0.4, -0.2) is 44.2 Å². The van der Waals surface area contributed by atoms with Crippen LogP contribution in [0.15, 0.2) is 0 Å². The number of likely N-dealkylation sites (N-methyl/N-ethyl adjacent to an activating group) is 1. The third-order valence-electron chi connectivity index (χ3n) is 4.45. The Hall–Kier alpha value is -0.120. The van der Waals surface area contributed by atoms with E-state index in [4.69, 9.17) is 5.73 Å². The zero-order valence-corrected chi connectivity index (χ0v) is 12.3. The lowest BCUT2D eigenvalue weighted by molar-refractivity contribution is 0.0778. The summed E-state index contributed by atoms with van der Waals surface area (Å²) in [5, 5.41) is 3.74. The minimum Gasteiger partial charge on any atom is -0.329 e. The zero-order chi connectivity index (χ0) is 13.1. The van der Waals surface area contributed by atoms with Crippen LogP contribution in [0.5, 0.6) is 0 Å². The van der Waals surface area contributed by atoms with E-state index in [0.29, 0.717) is 11.3 Å². The molecule has 3 N–H and O–H groups in total. The maximum absolute atomic E-state index is 6.06. The first-order valence-corrected chi connectivity index (χ1v) is 6.91. The maximum Gasteiger partial charge on any atom is 0.0330 e. The summed E-state index contributed by atoms with van der Waals surface area (Å²) in [6.45, 7) is 9.99. The minimum atomic E-state index is 0.172. The highest BCUT2D eigenvalue weighted by molar-refractivity contribution is 5.00. The van der Waals surface area contributed by atoms with Gasteiger partial charge in [-0.3, -0.25) is 0 Å². The molecular formula is C14H31N3. The van der Waals surface area contributed by atoms with Gasteiger partial charge in [0.15, 0.2) is 0 Å². The number of hydrogen-bond donors (Lipinski definition) is 2. The van der Waals surface area contributed by atoms with Crippen LogP contribution in [0.2, 0.25) is 0 Å². The number of rotatable bonds is 5. The highest BCUT2D eigenvalue weighted by atomic mass is 15.1. The van der Waals surface area contributed by atoms with Gasteiger partial charge in [0.1, 0.15) is 0 Å². The summed E-state index contributed by atoms with van der Waals surface area (Å²) in [7, 11) is 4.23. The standard InChI is InChI=1S/C14H31N3/c1-12-10-13(2,3)6-7-14(12,11-15)16-8-9-17(4)5/h12,16H,6-11,15H2,1-5H3. The molecule has 0 aromatic rings. The fraction of sp³-hybridized carbons (Fsp3) is 1.00. The molecule has 0 amide bonds. The number of nitrogens with zero attached hydrogens (tertiary/aromatic N) is 1. The first-order valence-electron chi connectivity index (χ1n) is 6.91. The number of nitrogens with two attached hydrogens (primary N) is 1. The van der Waals surface area contributed by atoms with Gasteiger partial charge >= 0.3 is 0 Å². The van der Waals surface area contributed by atoms with Crippen molar-refractivity contribution < 1.29 is 0 Å². The largest absolute Gasteiger partial charge is 0.329 e. The zero-order valence-electron chi connectivity index (χ0n) is 12.3. The third kappa shape index (κ3) is 3.94. The van der Waals surface area contributed by atoms with E-state index in [1.165, 1.54) is 19.3 Å². The summed E-state index contributed by atoms with van der Waals surface area (Å²) < 4.78 is 0. The molecule has 2 atom stereocenters. The molecule has 2 unspecified atom stereocenters. The molecule has 1 saturated carbocycles. The topological polar surface area (TPSA) is 41.3 Å². The molecule has 0 saturated heterocycles. The van der Waals surface area contributed by atoms with Gasteiger partial charge in [-0.25, -0.2) is 0 Å². The lowest BCUT2D eigenvalue weighted by Gasteiger charge is -2.48. The van der Waals surface area contributed by atoms with E-state index in [-0.39, 0.29) is 5.54 Å². The second-order valence-corrected chi connectivity index (χ2v) is 6.86. The van der Waals surface area contributed by atoms with Crippen molar-refractivity contribution in [2.24, 2.45) is 17.1 Å². The molecule has 17 heavy (non-hydrogen) atoms. The Kier molecular flexibility index (Phi) is 4.99. The second kappa shape index (κ2) is 5.68. The van der Waals surface area contributed by atoms with Gasteiger partial charge in [0, 0.05) is 25.2 Å². The van der Waals surface area contributed by atoms with Gasteiger partial charge in [-0.2, -0.15) is 0 Å². The van der Waals surface area contributed by atoms with Crippen molar-refractivity contribution in [2.75, 3.05) is 33.7 Å². The van der Waals surface area contributed by atoms with E-state index >= 15 is 0 Å². The first-order chi connectivity index (χ1) is 7.81. The summed E-state index contributed by atoms with van der Waals surface area (Å²) in [5.74, 6) is 0.665. The van der Waals surface area contributed by atoms with Crippen molar-refractivity contribution >= 4 is 0 Å². The Labute approximate surface area is 107 Å². The number of nitrogens with one attached hydrogen (secondary N) is 1. The van der Waals surface area contributed by atoms with Gasteiger partial charge in [-0.15, -0.1) is 0 Å². The molecule has 0 spiro atoms. The Morgan fingerprint density at radius 1 is 1.29 bits per heavy atom. The van der Waals surface area contributed by atoms with E-state index in [0.717, 1.165) is 19.6 Å². The Morgan fingerprint density at radius 3 is 2.41 bits per heavy atom. The Morgan fingerprint density at radius 2 is 1.94 bits per heavy atom. The SMILES string of the molecule is CC1CC(C)(C)CCC1(CN)NCCN(C)C. The maximum atomic E-state index is 6.06. The highest BCUT2D eigenvalue weighted by Crippen LogP contribution is 2.43. The quantitative estimate of drug-likeness (QED) is 0.769. The summed E-state index contributed by atoms with van der Waals surface area (Å²) in [4.78, 5) is 2.22. The molecule has 0 bridgehead atoms. The van der Waals surface area contributed by atoms with Crippen LogP contribution in [0.4, 0.5) is 0 Å². The van der Waals surface area contributed by atoms with Crippen molar-refractivity contribution in [2.45, 2.75) is 45.6 Å². The summed E-state index contributed by atoms with van der Waals surface area (Å²) in [6.07, 6.45) is 3.77. The second-order valence-electron chi connectivity index (χ2n) is 6.86. The molecule has 0 heterocycles. The van der Waals surface area contributed by atoms with Crippen LogP contribution in [0.3, 0.4) is 0 Å².